The molecule has 1 heteroatoms. The van der Waals surface area contributed by atoms with E-state index in [1.54, 1.807) is 0 Å². The molecule has 0 radical (unpaired) electrons. The molecule has 19 heavy (non-hydrogen) atoms. The fourth-order valence-electron chi connectivity index (χ4n) is 1.67. The number of unbranched alkanes of at least 4 members (excludes halogenated alkanes) is 4. The van der Waals surface area contributed by atoms with Gasteiger partial charge >= 0.3 is 0 Å². The van der Waals surface area contributed by atoms with Crippen LogP contribution in [0.1, 0.15) is 63.5 Å². The van der Waals surface area contributed by atoms with Crippen molar-refractivity contribution in [3.63, 3.8) is 0 Å². The number of hydrogen-bond acceptors (Lipinski definition) is 1. The molecule has 1 aromatic carbocycles. The second kappa shape index (κ2) is 13.6. The predicted octanol–water partition coefficient (Wildman–Crippen LogP) is 5.69. The van der Waals surface area contributed by atoms with Gasteiger partial charge in [0.2, 0.25) is 0 Å². The van der Waals surface area contributed by atoms with Gasteiger partial charge in [-0.3, -0.25) is 0 Å². The predicted molar refractivity (Wildman–Crippen MR) is 85.8 cm³/mol. The van der Waals surface area contributed by atoms with E-state index < -0.39 is 0 Å². The SMILES string of the molecule is CCCCCOCCCCC.Cc1ccccc1C. The third-order valence-electron chi connectivity index (χ3n) is 3.21. The van der Waals surface area contributed by atoms with Gasteiger partial charge in [0, 0.05) is 13.2 Å². The Morgan fingerprint density at radius 2 is 1.16 bits per heavy atom. The molecule has 0 aliphatic rings. The lowest BCUT2D eigenvalue weighted by Gasteiger charge is -2.01. The maximum Gasteiger partial charge on any atom is 0.0466 e. The minimum absolute atomic E-state index is 0.970. The first-order valence-electron chi connectivity index (χ1n) is 7.82. The summed E-state index contributed by atoms with van der Waals surface area (Å²) < 4.78 is 5.44. The van der Waals surface area contributed by atoms with Crippen molar-refractivity contribution in [3.8, 4) is 0 Å². The van der Waals surface area contributed by atoms with Crippen molar-refractivity contribution in [3.05, 3.63) is 35.4 Å². The molecule has 0 unspecified atom stereocenters. The molecule has 110 valence electrons. The van der Waals surface area contributed by atoms with E-state index in [-0.39, 0.29) is 0 Å². The Kier molecular flexibility index (Phi) is 13.0. The van der Waals surface area contributed by atoms with E-state index in [1.807, 2.05) is 0 Å². The van der Waals surface area contributed by atoms with Crippen LogP contribution in [0.3, 0.4) is 0 Å². The first-order valence-corrected chi connectivity index (χ1v) is 7.82. The number of hydrogen-bond donors (Lipinski definition) is 0. The topological polar surface area (TPSA) is 9.23 Å². The lowest BCUT2D eigenvalue weighted by molar-refractivity contribution is 0.126. The lowest BCUT2D eigenvalue weighted by atomic mass is 10.1. The third kappa shape index (κ3) is 12.0. The van der Waals surface area contributed by atoms with Crippen LogP contribution in [0.15, 0.2) is 24.3 Å². The summed E-state index contributed by atoms with van der Waals surface area (Å²) in [6, 6.07) is 8.36. The van der Waals surface area contributed by atoms with Crippen molar-refractivity contribution in [2.75, 3.05) is 13.2 Å². The molecule has 0 fully saturated rings. The van der Waals surface area contributed by atoms with Crippen molar-refractivity contribution >= 4 is 0 Å². The molecule has 0 aliphatic heterocycles. The van der Waals surface area contributed by atoms with E-state index >= 15 is 0 Å². The second-order valence-electron chi connectivity index (χ2n) is 5.11. The third-order valence-corrected chi connectivity index (χ3v) is 3.21. The highest BCUT2D eigenvalue weighted by molar-refractivity contribution is 5.23. The van der Waals surface area contributed by atoms with Gasteiger partial charge in [-0.25, -0.2) is 0 Å². The zero-order valence-corrected chi connectivity index (χ0v) is 13.4. The fourth-order valence-corrected chi connectivity index (χ4v) is 1.67. The minimum atomic E-state index is 0.970. The fraction of sp³-hybridized carbons (Fsp3) is 0.667. The number of aryl methyl sites for hydroxylation is 2. The van der Waals surface area contributed by atoms with E-state index in [0.717, 1.165) is 13.2 Å². The Balaban J connectivity index is 0.000000356. The molecule has 0 amide bonds. The van der Waals surface area contributed by atoms with Crippen LogP contribution in [0.25, 0.3) is 0 Å². The molecule has 0 bridgehead atoms. The van der Waals surface area contributed by atoms with Gasteiger partial charge in [-0.1, -0.05) is 63.8 Å². The maximum atomic E-state index is 5.44. The first kappa shape index (κ1) is 18.2. The Morgan fingerprint density at radius 3 is 1.47 bits per heavy atom. The van der Waals surface area contributed by atoms with Crippen LogP contribution in [-0.2, 0) is 4.74 Å². The van der Waals surface area contributed by atoms with Crippen molar-refractivity contribution < 1.29 is 4.74 Å². The molecule has 1 aromatic rings. The van der Waals surface area contributed by atoms with Gasteiger partial charge in [0.25, 0.3) is 0 Å². The largest absolute Gasteiger partial charge is 0.381 e. The molecule has 0 saturated heterocycles. The van der Waals surface area contributed by atoms with E-state index in [1.165, 1.54) is 49.7 Å². The molecular weight excluding hydrogens is 232 g/mol. The Hall–Kier alpha value is -0.820. The monoisotopic (exact) mass is 264 g/mol. The number of benzene rings is 1. The van der Waals surface area contributed by atoms with Gasteiger partial charge in [-0.15, -0.1) is 0 Å². The van der Waals surface area contributed by atoms with Crippen LogP contribution in [0.2, 0.25) is 0 Å². The zero-order valence-electron chi connectivity index (χ0n) is 13.4. The Labute approximate surface area is 120 Å². The van der Waals surface area contributed by atoms with Crippen molar-refractivity contribution in [1.29, 1.82) is 0 Å². The van der Waals surface area contributed by atoms with E-state index in [9.17, 15) is 0 Å². The average molecular weight is 264 g/mol. The van der Waals surface area contributed by atoms with Crippen LogP contribution >= 0.6 is 0 Å². The van der Waals surface area contributed by atoms with Crippen molar-refractivity contribution in [2.24, 2.45) is 0 Å². The van der Waals surface area contributed by atoms with E-state index in [0.29, 0.717) is 0 Å². The summed E-state index contributed by atoms with van der Waals surface area (Å²) in [7, 11) is 0. The summed E-state index contributed by atoms with van der Waals surface area (Å²) >= 11 is 0. The number of ether oxygens (including phenoxy) is 1. The second-order valence-corrected chi connectivity index (χ2v) is 5.11. The average Bonchev–Trinajstić information content (AvgIpc) is 2.42. The summed E-state index contributed by atoms with van der Waals surface area (Å²) in [4.78, 5) is 0. The summed E-state index contributed by atoms with van der Waals surface area (Å²) in [6.45, 7) is 10.6. The quantitative estimate of drug-likeness (QED) is 0.548. The Morgan fingerprint density at radius 1 is 0.737 bits per heavy atom. The maximum absolute atomic E-state index is 5.44. The zero-order chi connectivity index (χ0) is 14.3. The molecule has 0 spiro atoms. The molecule has 0 saturated carbocycles. The van der Waals surface area contributed by atoms with Crippen LogP contribution in [0, 0.1) is 13.8 Å². The first-order chi connectivity index (χ1) is 9.22. The van der Waals surface area contributed by atoms with Gasteiger partial charge in [0.15, 0.2) is 0 Å². The lowest BCUT2D eigenvalue weighted by Crippen LogP contribution is -1.96. The summed E-state index contributed by atoms with van der Waals surface area (Å²) in [5, 5.41) is 0. The van der Waals surface area contributed by atoms with Crippen molar-refractivity contribution in [1.82, 2.24) is 0 Å². The van der Waals surface area contributed by atoms with Gasteiger partial charge < -0.3 is 4.74 Å². The van der Waals surface area contributed by atoms with Gasteiger partial charge in [0.1, 0.15) is 0 Å². The molecule has 0 heterocycles. The molecule has 1 nitrogen and oxygen atoms in total. The van der Waals surface area contributed by atoms with E-state index in [4.69, 9.17) is 4.74 Å². The normalized spacial score (nSPS) is 9.89. The molecule has 1 rings (SSSR count). The van der Waals surface area contributed by atoms with E-state index in [2.05, 4.69) is 52.0 Å². The van der Waals surface area contributed by atoms with Gasteiger partial charge in [-0.05, 0) is 37.8 Å². The minimum Gasteiger partial charge on any atom is -0.381 e. The molecular formula is C18H32O. The highest BCUT2D eigenvalue weighted by Gasteiger charge is 1.88. The van der Waals surface area contributed by atoms with Gasteiger partial charge in [-0.2, -0.15) is 0 Å². The van der Waals surface area contributed by atoms with Crippen molar-refractivity contribution in [2.45, 2.75) is 66.2 Å². The number of rotatable bonds is 8. The highest BCUT2D eigenvalue weighted by Crippen LogP contribution is 2.02. The molecule has 0 aliphatic carbocycles. The van der Waals surface area contributed by atoms with Crippen LogP contribution < -0.4 is 0 Å². The molecule has 0 atom stereocenters. The highest BCUT2D eigenvalue weighted by atomic mass is 16.5. The summed E-state index contributed by atoms with van der Waals surface area (Å²) in [5.74, 6) is 0. The van der Waals surface area contributed by atoms with Crippen LogP contribution in [0.4, 0.5) is 0 Å². The molecule has 0 aromatic heterocycles. The summed E-state index contributed by atoms with van der Waals surface area (Å²) in [6.07, 6.45) is 7.68. The van der Waals surface area contributed by atoms with Crippen LogP contribution in [0.5, 0.6) is 0 Å². The standard InChI is InChI=1S/C10H22O.C8H10/c1-3-5-7-9-11-10-8-6-4-2;1-7-5-3-4-6-8(7)2/h3-10H2,1-2H3;3-6H,1-2H3. The van der Waals surface area contributed by atoms with Crippen LogP contribution in [-0.4, -0.2) is 13.2 Å². The van der Waals surface area contributed by atoms with Gasteiger partial charge in [0.05, 0.1) is 0 Å². The Bertz CT molecular complexity index is 264. The molecule has 0 N–H and O–H groups in total. The smallest absolute Gasteiger partial charge is 0.0466 e. The summed E-state index contributed by atoms with van der Waals surface area (Å²) in [5.41, 5.74) is 2.74.